The van der Waals surface area contributed by atoms with Gasteiger partial charge in [0.15, 0.2) is 5.65 Å². The van der Waals surface area contributed by atoms with E-state index in [0.29, 0.717) is 38.6 Å². The quantitative estimate of drug-likeness (QED) is 0.381. The molecule has 2 heterocycles. The van der Waals surface area contributed by atoms with Crippen LogP contribution in [0.15, 0.2) is 64.4 Å². The van der Waals surface area contributed by atoms with Gasteiger partial charge in [0, 0.05) is 16.8 Å². The molecule has 11 heteroatoms. The van der Waals surface area contributed by atoms with E-state index in [-0.39, 0.29) is 6.54 Å². The normalized spacial score (nSPS) is 10.9. The largest absolute Gasteiger partial charge is 0.497 e. The Kier molecular flexibility index (Phi) is 6.85. The molecule has 0 saturated carbocycles. The Labute approximate surface area is 198 Å². The van der Waals surface area contributed by atoms with Gasteiger partial charge >= 0.3 is 5.69 Å². The molecular weight excluding hydrogens is 466 g/mol. The van der Waals surface area contributed by atoms with E-state index >= 15 is 0 Å². The van der Waals surface area contributed by atoms with Gasteiger partial charge in [-0.15, -0.1) is 5.10 Å². The van der Waals surface area contributed by atoms with Crippen LogP contribution in [0.3, 0.4) is 0 Å². The zero-order valence-corrected chi connectivity index (χ0v) is 19.4. The van der Waals surface area contributed by atoms with E-state index in [0.717, 1.165) is 10.2 Å². The lowest BCUT2D eigenvalue weighted by Gasteiger charge is -2.11. The Morgan fingerprint density at radius 1 is 1.06 bits per heavy atom. The van der Waals surface area contributed by atoms with Gasteiger partial charge in [-0.3, -0.25) is 4.79 Å². The van der Waals surface area contributed by atoms with Crippen LogP contribution in [0.25, 0.3) is 5.65 Å². The van der Waals surface area contributed by atoms with E-state index in [4.69, 9.17) is 21.1 Å². The monoisotopic (exact) mass is 485 g/mol. The molecule has 170 valence electrons. The lowest BCUT2D eigenvalue weighted by atomic mass is 10.2. The molecule has 0 radical (unpaired) electrons. The summed E-state index contributed by atoms with van der Waals surface area (Å²) in [5, 5.41) is 12.6. The molecule has 0 atom stereocenters. The van der Waals surface area contributed by atoms with Gasteiger partial charge < -0.3 is 14.8 Å². The predicted octanol–water partition coefficient (Wildman–Crippen LogP) is 3.49. The van der Waals surface area contributed by atoms with Crippen LogP contribution in [-0.4, -0.2) is 39.5 Å². The summed E-state index contributed by atoms with van der Waals surface area (Å²) in [6, 6.07) is 16.0. The number of carbonyl (C=O) groups is 1. The number of amides is 1. The number of ether oxygens (including phenoxy) is 2. The molecular formula is C22H20ClN5O4S. The zero-order chi connectivity index (χ0) is 23.4. The number of carbonyl (C=O) groups excluding carboxylic acids is 1. The number of anilines is 1. The third kappa shape index (κ3) is 5.29. The average molecular weight is 486 g/mol. The van der Waals surface area contributed by atoms with Gasteiger partial charge in [-0.2, -0.15) is 9.61 Å². The maximum absolute atomic E-state index is 12.7. The van der Waals surface area contributed by atoms with Crippen molar-refractivity contribution < 1.29 is 14.3 Å². The summed E-state index contributed by atoms with van der Waals surface area (Å²) in [6.07, 6.45) is 0. The minimum atomic E-state index is -0.504. The molecule has 1 N–H and O–H groups in total. The summed E-state index contributed by atoms with van der Waals surface area (Å²) < 4.78 is 12.7. The molecule has 0 aliphatic heterocycles. The highest BCUT2D eigenvalue weighted by Gasteiger charge is 2.14. The minimum absolute atomic E-state index is 0.273. The fourth-order valence-corrected chi connectivity index (χ4v) is 3.97. The lowest BCUT2D eigenvalue weighted by Crippen LogP contribution is -2.29. The summed E-state index contributed by atoms with van der Waals surface area (Å²) in [5.41, 5.74) is 1.39. The van der Waals surface area contributed by atoms with Gasteiger partial charge in [-0.1, -0.05) is 35.5 Å². The minimum Gasteiger partial charge on any atom is -0.497 e. The molecule has 4 aromatic rings. The van der Waals surface area contributed by atoms with E-state index in [2.05, 4.69) is 15.5 Å². The molecule has 0 bridgehead atoms. The number of fused-ring (bicyclic) bond motifs is 1. The van der Waals surface area contributed by atoms with Crippen LogP contribution in [0, 0.1) is 0 Å². The first kappa shape index (κ1) is 22.7. The molecule has 9 nitrogen and oxygen atoms in total. The van der Waals surface area contributed by atoms with E-state index in [1.807, 2.05) is 24.3 Å². The molecule has 0 spiro atoms. The molecule has 1 amide bonds. The average Bonchev–Trinajstić information content (AvgIpc) is 3.13. The van der Waals surface area contributed by atoms with Crippen LogP contribution in [0.4, 0.5) is 5.69 Å². The molecule has 33 heavy (non-hydrogen) atoms. The number of thioether (sulfide) groups is 1. The standard InChI is InChI=1S/C22H20ClN5O4S/c1-31-16-7-8-17(18(11-16)32-2)24-20(29)12-27-22(30)28-19(25-27)9-10-21(26-28)33-13-14-3-5-15(23)6-4-14/h3-11H,12-13H2,1-2H3,(H,24,29). The van der Waals surface area contributed by atoms with Gasteiger partial charge in [-0.05, 0) is 42.0 Å². The molecule has 4 rings (SSSR count). The smallest absolute Gasteiger partial charge is 0.367 e. The number of benzene rings is 2. The summed E-state index contributed by atoms with van der Waals surface area (Å²) >= 11 is 7.40. The third-order valence-electron chi connectivity index (χ3n) is 4.69. The van der Waals surface area contributed by atoms with Gasteiger partial charge in [-0.25, -0.2) is 9.48 Å². The van der Waals surface area contributed by atoms with Crippen molar-refractivity contribution in [3.05, 3.63) is 75.7 Å². The first-order chi connectivity index (χ1) is 16.0. The van der Waals surface area contributed by atoms with E-state index < -0.39 is 11.6 Å². The highest BCUT2D eigenvalue weighted by molar-refractivity contribution is 7.98. The Balaban J connectivity index is 1.47. The van der Waals surface area contributed by atoms with Crippen molar-refractivity contribution in [2.45, 2.75) is 17.3 Å². The summed E-state index contributed by atoms with van der Waals surface area (Å²) in [5.74, 6) is 1.28. The Morgan fingerprint density at radius 3 is 2.58 bits per heavy atom. The lowest BCUT2D eigenvalue weighted by molar-refractivity contribution is -0.117. The number of nitrogens with one attached hydrogen (secondary N) is 1. The van der Waals surface area contributed by atoms with E-state index in [9.17, 15) is 9.59 Å². The maximum Gasteiger partial charge on any atom is 0.367 e. The molecule has 0 aliphatic rings. The second kappa shape index (κ2) is 9.97. The van der Waals surface area contributed by atoms with Crippen LogP contribution in [-0.2, 0) is 17.1 Å². The number of hydrogen-bond acceptors (Lipinski definition) is 7. The van der Waals surface area contributed by atoms with Crippen molar-refractivity contribution in [1.82, 2.24) is 19.4 Å². The van der Waals surface area contributed by atoms with Crippen molar-refractivity contribution in [2.75, 3.05) is 19.5 Å². The van der Waals surface area contributed by atoms with Gasteiger partial charge in [0.1, 0.15) is 23.1 Å². The van der Waals surface area contributed by atoms with Crippen molar-refractivity contribution >= 4 is 40.6 Å². The first-order valence-electron chi connectivity index (χ1n) is 9.83. The number of halogens is 1. The Morgan fingerprint density at radius 2 is 1.85 bits per heavy atom. The second-order valence-electron chi connectivity index (χ2n) is 6.91. The summed E-state index contributed by atoms with van der Waals surface area (Å²) in [6.45, 7) is -0.273. The van der Waals surface area contributed by atoms with Gasteiger partial charge in [0.05, 0.1) is 19.9 Å². The number of rotatable bonds is 8. The van der Waals surface area contributed by atoms with Crippen LogP contribution in [0.5, 0.6) is 11.5 Å². The number of aromatic nitrogens is 4. The van der Waals surface area contributed by atoms with Crippen molar-refractivity contribution in [1.29, 1.82) is 0 Å². The zero-order valence-electron chi connectivity index (χ0n) is 17.8. The highest BCUT2D eigenvalue weighted by Crippen LogP contribution is 2.29. The first-order valence-corrected chi connectivity index (χ1v) is 11.2. The van der Waals surface area contributed by atoms with Crippen LogP contribution >= 0.6 is 23.4 Å². The van der Waals surface area contributed by atoms with Gasteiger partial charge in [0.25, 0.3) is 0 Å². The van der Waals surface area contributed by atoms with Crippen molar-refractivity contribution in [3.63, 3.8) is 0 Å². The Hall–Kier alpha value is -3.50. The molecule has 0 saturated heterocycles. The Bertz CT molecular complexity index is 1350. The number of methoxy groups -OCH3 is 2. The third-order valence-corrected chi connectivity index (χ3v) is 5.93. The van der Waals surface area contributed by atoms with Gasteiger partial charge in [0.2, 0.25) is 5.91 Å². The fourth-order valence-electron chi connectivity index (χ4n) is 3.04. The van der Waals surface area contributed by atoms with E-state index in [1.54, 1.807) is 37.4 Å². The topological polar surface area (TPSA) is 99.7 Å². The summed E-state index contributed by atoms with van der Waals surface area (Å²) in [4.78, 5) is 25.3. The van der Waals surface area contributed by atoms with Crippen LogP contribution in [0.2, 0.25) is 5.02 Å². The van der Waals surface area contributed by atoms with E-state index in [1.165, 1.54) is 23.4 Å². The summed E-state index contributed by atoms with van der Waals surface area (Å²) in [7, 11) is 3.03. The van der Waals surface area contributed by atoms with Crippen molar-refractivity contribution in [2.24, 2.45) is 0 Å². The molecule has 0 unspecified atom stereocenters. The van der Waals surface area contributed by atoms with Crippen molar-refractivity contribution in [3.8, 4) is 11.5 Å². The molecule has 2 aromatic heterocycles. The predicted molar refractivity (Wildman–Crippen MR) is 126 cm³/mol. The fraction of sp³-hybridized carbons (Fsp3) is 0.182. The SMILES string of the molecule is COc1ccc(NC(=O)Cn2nc3ccc(SCc4ccc(Cl)cc4)nn3c2=O)c(OC)c1. The maximum atomic E-state index is 12.7. The number of hydrogen-bond donors (Lipinski definition) is 1. The molecule has 0 aliphatic carbocycles. The second-order valence-corrected chi connectivity index (χ2v) is 8.34. The van der Waals surface area contributed by atoms with Crippen LogP contribution in [0.1, 0.15) is 5.56 Å². The molecule has 0 fully saturated rings. The highest BCUT2D eigenvalue weighted by atomic mass is 35.5. The van der Waals surface area contributed by atoms with Crippen LogP contribution < -0.4 is 20.5 Å². The number of nitrogens with zero attached hydrogens (tertiary/aromatic N) is 4. The molecule has 2 aromatic carbocycles.